The van der Waals surface area contributed by atoms with Gasteiger partial charge in [-0.2, -0.15) is 5.26 Å². The third-order valence-corrected chi connectivity index (χ3v) is 6.75. The van der Waals surface area contributed by atoms with Crippen LogP contribution in [0.2, 0.25) is 10.0 Å². The molecule has 1 aromatic carbocycles. The van der Waals surface area contributed by atoms with Crippen LogP contribution in [0.1, 0.15) is 12.0 Å². The van der Waals surface area contributed by atoms with E-state index in [1.807, 2.05) is 6.07 Å². The standard InChI is InChI=1S/C21H12Cl2F2N4O2S/c1-10-13(23)8-27-9-17(10)29-20(30)19-16(28(21(29)31)4-2-3-26)7-18(32-19)11-5-14(24)15(25)6-12(11)22/h5-9H,2,4H2,1H3. The van der Waals surface area contributed by atoms with Crippen LogP contribution < -0.4 is 11.2 Å². The van der Waals surface area contributed by atoms with Gasteiger partial charge in [-0.3, -0.25) is 14.3 Å². The zero-order chi connectivity index (χ0) is 23.2. The van der Waals surface area contributed by atoms with Crippen LogP contribution >= 0.6 is 34.5 Å². The van der Waals surface area contributed by atoms with E-state index in [0.717, 1.165) is 28.0 Å². The van der Waals surface area contributed by atoms with E-state index in [-0.39, 0.29) is 44.5 Å². The summed E-state index contributed by atoms with van der Waals surface area (Å²) < 4.78 is 29.8. The van der Waals surface area contributed by atoms with Gasteiger partial charge in [0.05, 0.1) is 39.9 Å². The lowest BCUT2D eigenvalue weighted by molar-refractivity contribution is 0.509. The molecule has 11 heteroatoms. The molecule has 0 spiro atoms. The average molecular weight is 493 g/mol. The number of hydrogen-bond donors (Lipinski definition) is 0. The Bertz CT molecular complexity index is 1550. The van der Waals surface area contributed by atoms with E-state index < -0.39 is 22.9 Å². The predicted molar refractivity (Wildman–Crippen MR) is 120 cm³/mol. The molecule has 0 saturated heterocycles. The van der Waals surface area contributed by atoms with Crippen LogP contribution in [0, 0.1) is 29.9 Å². The van der Waals surface area contributed by atoms with Crippen LogP contribution in [0.3, 0.4) is 0 Å². The molecule has 4 rings (SSSR count). The summed E-state index contributed by atoms with van der Waals surface area (Å²) in [6.07, 6.45) is 2.76. The molecule has 6 nitrogen and oxygen atoms in total. The summed E-state index contributed by atoms with van der Waals surface area (Å²) in [7, 11) is 0. The highest BCUT2D eigenvalue weighted by atomic mass is 35.5. The Hall–Kier alpha value is -3.06. The van der Waals surface area contributed by atoms with Crippen molar-refractivity contribution in [1.29, 1.82) is 5.26 Å². The van der Waals surface area contributed by atoms with Gasteiger partial charge in [0.2, 0.25) is 0 Å². The number of aromatic nitrogens is 3. The number of pyridine rings is 1. The van der Waals surface area contributed by atoms with Crippen LogP contribution in [-0.2, 0) is 6.54 Å². The number of thiophene rings is 1. The number of benzene rings is 1. The van der Waals surface area contributed by atoms with Crippen molar-refractivity contribution in [2.45, 2.75) is 19.9 Å². The Labute approximate surface area is 193 Å². The summed E-state index contributed by atoms with van der Waals surface area (Å²) in [5.74, 6) is -2.20. The SMILES string of the molecule is Cc1c(Cl)cncc1-n1c(=O)c2sc(-c3cc(F)c(F)cc3Cl)cc2n(CCC#N)c1=O. The molecule has 0 N–H and O–H groups in total. The maximum Gasteiger partial charge on any atom is 0.336 e. The van der Waals surface area contributed by atoms with Crippen LogP contribution in [-0.4, -0.2) is 14.1 Å². The molecular weight excluding hydrogens is 481 g/mol. The molecule has 162 valence electrons. The third-order valence-electron chi connectivity index (χ3n) is 4.91. The number of hydrogen-bond acceptors (Lipinski definition) is 5. The summed E-state index contributed by atoms with van der Waals surface area (Å²) in [5, 5.41) is 9.27. The number of fused-ring (bicyclic) bond motifs is 1. The molecule has 3 heterocycles. The Morgan fingerprint density at radius 3 is 2.56 bits per heavy atom. The molecular formula is C21H12Cl2F2N4O2S. The van der Waals surface area contributed by atoms with Gasteiger partial charge in [0.15, 0.2) is 11.6 Å². The van der Waals surface area contributed by atoms with Gasteiger partial charge >= 0.3 is 5.69 Å². The van der Waals surface area contributed by atoms with Crippen LogP contribution in [0.25, 0.3) is 26.3 Å². The minimum Gasteiger partial charge on any atom is -0.291 e. The monoisotopic (exact) mass is 492 g/mol. The van der Waals surface area contributed by atoms with Crippen molar-refractivity contribution in [2.75, 3.05) is 0 Å². The van der Waals surface area contributed by atoms with Crippen molar-refractivity contribution < 1.29 is 8.78 Å². The lowest BCUT2D eigenvalue weighted by atomic mass is 10.1. The number of rotatable bonds is 4. The van der Waals surface area contributed by atoms with E-state index in [4.69, 9.17) is 28.5 Å². The summed E-state index contributed by atoms with van der Waals surface area (Å²) >= 11 is 13.2. The van der Waals surface area contributed by atoms with Gasteiger partial charge in [-0.05, 0) is 30.7 Å². The van der Waals surface area contributed by atoms with Crippen molar-refractivity contribution in [1.82, 2.24) is 14.1 Å². The lowest BCUT2D eigenvalue weighted by Gasteiger charge is -2.13. The molecule has 32 heavy (non-hydrogen) atoms. The second-order valence-corrected chi connectivity index (χ2v) is 8.69. The molecule has 0 unspecified atom stereocenters. The van der Waals surface area contributed by atoms with E-state index in [0.29, 0.717) is 10.4 Å². The molecule has 0 aliphatic heterocycles. The van der Waals surface area contributed by atoms with E-state index in [2.05, 4.69) is 4.98 Å². The first-order valence-corrected chi connectivity index (χ1v) is 10.7. The Kier molecular flexibility index (Phi) is 5.86. The first-order valence-electron chi connectivity index (χ1n) is 9.16. The summed E-state index contributed by atoms with van der Waals surface area (Å²) in [5.41, 5.74) is -0.170. The molecule has 4 aromatic rings. The zero-order valence-electron chi connectivity index (χ0n) is 16.3. The van der Waals surface area contributed by atoms with Gasteiger partial charge in [-0.15, -0.1) is 11.3 Å². The Balaban J connectivity index is 2.08. The van der Waals surface area contributed by atoms with Crippen molar-refractivity contribution in [3.63, 3.8) is 0 Å². The van der Waals surface area contributed by atoms with Gasteiger partial charge in [-0.25, -0.2) is 18.1 Å². The quantitative estimate of drug-likeness (QED) is 0.372. The number of nitrogens with zero attached hydrogens (tertiary/aromatic N) is 4. The largest absolute Gasteiger partial charge is 0.336 e. The van der Waals surface area contributed by atoms with Crippen LogP contribution in [0.15, 0.2) is 40.2 Å². The molecule has 0 amide bonds. The fourth-order valence-electron chi connectivity index (χ4n) is 3.30. The Morgan fingerprint density at radius 1 is 1.12 bits per heavy atom. The first-order chi connectivity index (χ1) is 15.2. The average Bonchev–Trinajstić information content (AvgIpc) is 3.19. The van der Waals surface area contributed by atoms with Gasteiger partial charge in [-0.1, -0.05) is 23.2 Å². The van der Waals surface area contributed by atoms with Crippen molar-refractivity contribution >= 4 is 44.8 Å². The van der Waals surface area contributed by atoms with Gasteiger partial charge in [0, 0.05) is 23.2 Å². The van der Waals surface area contributed by atoms with Gasteiger partial charge in [0.25, 0.3) is 5.56 Å². The molecule has 0 saturated carbocycles. The number of aryl methyl sites for hydroxylation is 1. The number of nitriles is 1. The van der Waals surface area contributed by atoms with Crippen LogP contribution in [0.5, 0.6) is 0 Å². The van der Waals surface area contributed by atoms with E-state index in [1.165, 1.54) is 23.0 Å². The predicted octanol–water partition coefficient (Wildman–Crippen LogP) is 5.08. The van der Waals surface area contributed by atoms with Gasteiger partial charge < -0.3 is 0 Å². The molecule has 0 bridgehead atoms. The molecule has 0 radical (unpaired) electrons. The molecule has 0 fully saturated rings. The highest BCUT2D eigenvalue weighted by molar-refractivity contribution is 7.22. The third kappa shape index (κ3) is 3.60. The minimum absolute atomic E-state index is 0.0110. The van der Waals surface area contributed by atoms with E-state index >= 15 is 0 Å². The summed E-state index contributed by atoms with van der Waals surface area (Å²) in [6, 6.07) is 5.26. The zero-order valence-corrected chi connectivity index (χ0v) is 18.7. The fourth-order valence-corrected chi connectivity index (χ4v) is 4.88. The van der Waals surface area contributed by atoms with Gasteiger partial charge in [0.1, 0.15) is 4.70 Å². The second kappa shape index (κ2) is 8.47. The highest BCUT2D eigenvalue weighted by Crippen LogP contribution is 2.37. The minimum atomic E-state index is -1.10. The van der Waals surface area contributed by atoms with Crippen molar-refractivity contribution in [3.8, 4) is 22.2 Å². The smallest absolute Gasteiger partial charge is 0.291 e. The van der Waals surface area contributed by atoms with Crippen molar-refractivity contribution in [3.05, 3.63) is 78.7 Å². The summed E-state index contributed by atoms with van der Waals surface area (Å²) in [6.45, 7) is 1.66. The summed E-state index contributed by atoms with van der Waals surface area (Å²) in [4.78, 5) is 31.0. The topological polar surface area (TPSA) is 80.7 Å². The normalized spacial score (nSPS) is 11.1. The van der Waals surface area contributed by atoms with Crippen LogP contribution in [0.4, 0.5) is 8.78 Å². The van der Waals surface area contributed by atoms with E-state index in [9.17, 15) is 18.4 Å². The molecule has 0 atom stereocenters. The first kappa shape index (κ1) is 22.1. The maximum absolute atomic E-state index is 13.9. The second-order valence-electron chi connectivity index (χ2n) is 6.82. The maximum atomic E-state index is 13.9. The van der Waals surface area contributed by atoms with Crippen molar-refractivity contribution in [2.24, 2.45) is 0 Å². The van der Waals surface area contributed by atoms with E-state index in [1.54, 1.807) is 6.92 Å². The Morgan fingerprint density at radius 2 is 1.84 bits per heavy atom. The molecule has 0 aliphatic rings. The highest BCUT2D eigenvalue weighted by Gasteiger charge is 2.21. The lowest BCUT2D eigenvalue weighted by Crippen LogP contribution is -2.39. The molecule has 3 aromatic heterocycles. The molecule has 0 aliphatic carbocycles. The fraction of sp³-hybridized carbons (Fsp3) is 0.143. The number of halogens is 4.